The Kier molecular flexibility index (Phi) is 6.05. The first kappa shape index (κ1) is 21.3. The summed E-state index contributed by atoms with van der Waals surface area (Å²) in [7, 11) is 0. The number of carbonyl (C=O) groups is 1. The number of fused-ring (bicyclic) bond motifs is 1. The Hall–Kier alpha value is -3.90. The quantitative estimate of drug-likeness (QED) is 0.202. The highest BCUT2D eigenvalue weighted by atomic mass is 35.5. The Morgan fingerprint density at radius 2 is 1.88 bits per heavy atom. The van der Waals surface area contributed by atoms with Crippen LogP contribution in [0.3, 0.4) is 0 Å². The van der Waals surface area contributed by atoms with Crippen molar-refractivity contribution >= 4 is 34.6 Å². The van der Waals surface area contributed by atoms with E-state index in [0.29, 0.717) is 5.75 Å². The SMILES string of the molecule is Cc1cccc(Oc2coc3cc(OC(=O)/C=C/c4c(F)cccc4Cl)ccc3c2=O)c1. The van der Waals surface area contributed by atoms with Gasteiger partial charge in [-0.05, 0) is 55.0 Å². The van der Waals surface area contributed by atoms with Gasteiger partial charge in [-0.3, -0.25) is 4.79 Å². The van der Waals surface area contributed by atoms with Gasteiger partial charge in [0.25, 0.3) is 0 Å². The fourth-order valence-corrected chi connectivity index (χ4v) is 3.23. The Labute approximate surface area is 187 Å². The molecule has 0 bridgehead atoms. The second-order valence-corrected chi connectivity index (χ2v) is 7.30. The molecule has 3 aromatic carbocycles. The first-order valence-corrected chi connectivity index (χ1v) is 9.92. The van der Waals surface area contributed by atoms with Gasteiger partial charge < -0.3 is 13.9 Å². The van der Waals surface area contributed by atoms with Crippen LogP contribution in [0.4, 0.5) is 4.39 Å². The number of benzene rings is 3. The summed E-state index contributed by atoms with van der Waals surface area (Å²) in [5.74, 6) is -0.591. The van der Waals surface area contributed by atoms with Gasteiger partial charge in [0, 0.05) is 17.7 Å². The van der Waals surface area contributed by atoms with E-state index in [0.717, 1.165) is 11.6 Å². The van der Waals surface area contributed by atoms with Crippen molar-refractivity contribution in [2.75, 3.05) is 0 Å². The zero-order valence-corrected chi connectivity index (χ0v) is 17.6. The van der Waals surface area contributed by atoms with Crippen LogP contribution in [0.15, 0.2) is 82.2 Å². The van der Waals surface area contributed by atoms with E-state index >= 15 is 0 Å². The maximum absolute atomic E-state index is 13.8. The number of rotatable bonds is 5. The highest BCUT2D eigenvalue weighted by Gasteiger charge is 2.12. The third-order valence-corrected chi connectivity index (χ3v) is 4.87. The average molecular weight is 451 g/mol. The minimum atomic E-state index is -0.745. The molecule has 0 saturated heterocycles. The van der Waals surface area contributed by atoms with Gasteiger partial charge in [-0.2, -0.15) is 0 Å². The number of aryl methyl sites for hydroxylation is 1. The number of hydrogen-bond donors (Lipinski definition) is 0. The molecule has 0 N–H and O–H groups in total. The van der Waals surface area contributed by atoms with Crippen molar-refractivity contribution in [3.8, 4) is 17.2 Å². The molecule has 0 spiro atoms. The first-order chi connectivity index (χ1) is 15.4. The fourth-order valence-electron chi connectivity index (χ4n) is 3.00. The van der Waals surface area contributed by atoms with Gasteiger partial charge in [-0.1, -0.05) is 29.8 Å². The third-order valence-electron chi connectivity index (χ3n) is 4.54. The fraction of sp³-hybridized carbons (Fsp3) is 0.0400. The lowest BCUT2D eigenvalue weighted by Gasteiger charge is -2.07. The predicted octanol–water partition coefficient (Wildman–Crippen LogP) is 6.31. The van der Waals surface area contributed by atoms with E-state index in [9.17, 15) is 14.0 Å². The van der Waals surface area contributed by atoms with E-state index in [1.807, 2.05) is 19.1 Å². The van der Waals surface area contributed by atoms with E-state index in [4.69, 9.17) is 25.5 Å². The zero-order valence-electron chi connectivity index (χ0n) is 16.8. The zero-order chi connectivity index (χ0) is 22.7. The Morgan fingerprint density at radius 3 is 2.66 bits per heavy atom. The molecule has 0 aliphatic rings. The predicted molar refractivity (Wildman–Crippen MR) is 120 cm³/mol. The molecule has 4 aromatic rings. The van der Waals surface area contributed by atoms with Crippen molar-refractivity contribution < 1.29 is 23.1 Å². The molecule has 0 amide bonds. The molecule has 160 valence electrons. The molecule has 1 heterocycles. The van der Waals surface area contributed by atoms with Crippen molar-refractivity contribution in [1.82, 2.24) is 0 Å². The molecule has 0 fully saturated rings. The standard InChI is InChI=1S/C25H16ClFO5/c1-15-4-2-5-16(12-15)31-23-14-30-22-13-17(8-9-19(22)25(23)29)32-24(28)11-10-18-20(26)6-3-7-21(18)27/h2-14H,1H3/b11-10+. The lowest BCUT2D eigenvalue weighted by molar-refractivity contribution is -0.128. The van der Waals surface area contributed by atoms with E-state index < -0.39 is 11.8 Å². The molecule has 32 heavy (non-hydrogen) atoms. The van der Waals surface area contributed by atoms with Crippen molar-refractivity contribution in [1.29, 1.82) is 0 Å². The largest absolute Gasteiger partial charge is 0.460 e. The van der Waals surface area contributed by atoms with Crippen LogP contribution in [0.1, 0.15) is 11.1 Å². The lowest BCUT2D eigenvalue weighted by atomic mass is 10.2. The van der Waals surface area contributed by atoms with Crippen molar-refractivity contribution in [3.63, 3.8) is 0 Å². The first-order valence-electron chi connectivity index (χ1n) is 9.55. The second kappa shape index (κ2) is 9.08. The maximum Gasteiger partial charge on any atom is 0.336 e. The summed E-state index contributed by atoms with van der Waals surface area (Å²) in [6.45, 7) is 1.92. The van der Waals surface area contributed by atoms with Crippen LogP contribution in [0.5, 0.6) is 17.2 Å². The van der Waals surface area contributed by atoms with Gasteiger partial charge in [-0.25, -0.2) is 9.18 Å². The minimum Gasteiger partial charge on any atom is -0.460 e. The van der Waals surface area contributed by atoms with Gasteiger partial charge in [0.15, 0.2) is 0 Å². The normalized spacial score (nSPS) is 11.1. The summed E-state index contributed by atoms with van der Waals surface area (Å²) in [5, 5.41) is 0.439. The number of hydrogen-bond acceptors (Lipinski definition) is 5. The maximum atomic E-state index is 13.8. The topological polar surface area (TPSA) is 65.7 Å². The molecule has 0 aliphatic heterocycles. The van der Waals surface area contributed by atoms with Gasteiger partial charge >= 0.3 is 5.97 Å². The summed E-state index contributed by atoms with van der Waals surface area (Å²) in [6.07, 6.45) is 3.50. The monoisotopic (exact) mass is 450 g/mol. The van der Waals surface area contributed by atoms with Crippen LogP contribution in [-0.2, 0) is 4.79 Å². The smallest absolute Gasteiger partial charge is 0.336 e. The van der Waals surface area contributed by atoms with Crippen LogP contribution < -0.4 is 14.9 Å². The summed E-state index contributed by atoms with van der Waals surface area (Å²) in [5.41, 5.74) is 0.931. The molecule has 0 unspecified atom stereocenters. The van der Waals surface area contributed by atoms with E-state index in [2.05, 4.69) is 0 Å². The average Bonchev–Trinajstić information content (AvgIpc) is 2.75. The molecule has 4 rings (SSSR count). The molecule has 1 aromatic heterocycles. The number of carbonyl (C=O) groups excluding carboxylic acids is 1. The number of ether oxygens (including phenoxy) is 2. The molecule has 5 nitrogen and oxygen atoms in total. The molecular formula is C25H16ClFO5. The molecule has 0 saturated carbocycles. The molecule has 0 aliphatic carbocycles. The Bertz CT molecular complexity index is 1390. The van der Waals surface area contributed by atoms with Crippen LogP contribution in [0.2, 0.25) is 5.02 Å². The van der Waals surface area contributed by atoms with Crippen LogP contribution >= 0.6 is 11.6 Å². The molecule has 0 radical (unpaired) electrons. The van der Waals surface area contributed by atoms with E-state index in [-0.39, 0.29) is 38.5 Å². The summed E-state index contributed by atoms with van der Waals surface area (Å²) in [6, 6.07) is 15.8. The van der Waals surface area contributed by atoms with Crippen molar-refractivity contribution in [3.05, 3.63) is 105 Å². The highest BCUT2D eigenvalue weighted by molar-refractivity contribution is 6.32. The minimum absolute atomic E-state index is 0.0394. The summed E-state index contributed by atoms with van der Waals surface area (Å²) < 4.78 is 30.2. The lowest BCUT2D eigenvalue weighted by Crippen LogP contribution is -2.06. The van der Waals surface area contributed by atoms with Gasteiger partial charge in [0.1, 0.15) is 29.2 Å². The second-order valence-electron chi connectivity index (χ2n) is 6.90. The third kappa shape index (κ3) is 4.71. The van der Waals surface area contributed by atoms with E-state index in [1.54, 1.807) is 12.1 Å². The highest BCUT2D eigenvalue weighted by Crippen LogP contribution is 2.25. The van der Waals surface area contributed by atoms with Crippen molar-refractivity contribution in [2.45, 2.75) is 6.92 Å². The Morgan fingerprint density at radius 1 is 1.06 bits per heavy atom. The van der Waals surface area contributed by atoms with E-state index in [1.165, 1.54) is 48.7 Å². The molecular weight excluding hydrogens is 435 g/mol. The van der Waals surface area contributed by atoms with Gasteiger partial charge in [0.05, 0.1) is 10.4 Å². The summed E-state index contributed by atoms with van der Waals surface area (Å²) in [4.78, 5) is 24.8. The summed E-state index contributed by atoms with van der Waals surface area (Å²) >= 11 is 5.93. The van der Waals surface area contributed by atoms with Gasteiger partial charge in [0.2, 0.25) is 11.2 Å². The number of halogens is 2. The van der Waals surface area contributed by atoms with Crippen LogP contribution in [-0.4, -0.2) is 5.97 Å². The Balaban J connectivity index is 1.53. The van der Waals surface area contributed by atoms with Crippen molar-refractivity contribution in [2.24, 2.45) is 0 Å². The van der Waals surface area contributed by atoms with Crippen LogP contribution in [0.25, 0.3) is 17.0 Å². The van der Waals surface area contributed by atoms with Crippen LogP contribution in [0, 0.1) is 12.7 Å². The number of esters is 1. The molecule has 0 atom stereocenters. The molecule has 7 heteroatoms. The van der Waals surface area contributed by atoms with Gasteiger partial charge in [-0.15, -0.1) is 0 Å².